The molecule has 0 spiro atoms. The van der Waals surface area contributed by atoms with Gasteiger partial charge in [-0.05, 0) is 24.8 Å². The number of carbonyl (C=O) groups is 1. The lowest BCUT2D eigenvalue weighted by Crippen LogP contribution is -2.24. The standard InChI is InChI=1S/C11H17NO5S2/c1-8(6-13)3-2-4-12-19(16,17)10-5-9(7-18-10)11(14)15/h5,7-8,12-13H,2-4,6H2,1H3,(H,14,15). The first-order valence-electron chi connectivity index (χ1n) is 5.79. The van der Waals surface area contributed by atoms with E-state index < -0.39 is 16.0 Å². The van der Waals surface area contributed by atoms with Crippen LogP contribution in [0, 0.1) is 5.92 Å². The first kappa shape index (κ1) is 16.1. The van der Waals surface area contributed by atoms with Gasteiger partial charge in [-0.15, -0.1) is 11.3 Å². The zero-order chi connectivity index (χ0) is 14.5. The number of aliphatic hydroxyl groups is 1. The minimum atomic E-state index is -3.63. The summed E-state index contributed by atoms with van der Waals surface area (Å²) >= 11 is 0.882. The van der Waals surface area contributed by atoms with E-state index in [1.54, 1.807) is 0 Å². The number of carboxylic acids is 1. The van der Waals surface area contributed by atoms with Crippen LogP contribution in [0.3, 0.4) is 0 Å². The summed E-state index contributed by atoms with van der Waals surface area (Å²) in [5, 5.41) is 18.9. The summed E-state index contributed by atoms with van der Waals surface area (Å²) in [5.41, 5.74) is -0.0284. The van der Waals surface area contributed by atoms with Crippen LogP contribution in [0.25, 0.3) is 0 Å². The molecule has 0 saturated heterocycles. The Bertz CT molecular complexity index is 523. The van der Waals surface area contributed by atoms with E-state index in [2.05, 4.69) is 4.72 Å². The number of hydrogen-bond acceptors (Lipinski definition) is 5. The lowest BCUT2D eigenvalue weighted by molar-refractivity contribution is 0.0697. The van der Waals surface area contributed by atoms with Gasteiger partial charge in [0.05, 0.1) is 5.56 Å². The van der Waals surface area contributed by atoms with Crippen LogP contribution in [0.15, 0.2) is 15.7 Å². The predicted molar refractivity (Wildman–Crippen MR) is 72.0 cm³/mol. The maximum Gasteiger partial charge on any atom is 0.336 e. The Morgan fingerprint density at radius 1 is 1.53 bits per heavy atom. The Kier molecular flexibility index (Phi) is 5.92. The van der Waals surface area contributed by atoms with Gasteiger partial charge in [0.1, 0.15) is 4.21 Å². The Labute approximate surface area is 116 Å². The lowest BCUT2D eigenvalue weighted by atomic mass is 10.1. The quantitative estimate of drug-likeness (QED) is 0.625. The number of aliphatic hydroxyl groups excluding tert-OH is 1. The summed E-state index contributed by atoms with van der Waals surface area (Å²) in [6.45, 7) is 2.24. The third kappa shape index (κ3) is 4.90. The van der Waals surface area contributed by atoms with Gasteiger partial charge in [-0.3, -0.25) is 0 Å². The Balaban J connectivity index is 2.53. The molecule has 1 rings (SSSR count). The Morgan fingerprint density at radius 3 is 2.74 bits per heavy atom. The molecule has 3 N–H and O–H groups in total. The van der Waals surface area contributed by atoms with Crippen molar-refractivity contribution in [2.75, 3.05) is 13.2 Å². The second-order valence-corrected chi connectivity index (χ2v) is 7.19. The van der Waals surface area contributed by atoms with Gasteiger partial charge in [-0.2, -0.15) is 0 Å². The van der Waals surface area contributed by atoms with Crippen LogP contribution in [0.2, 0.25) is 0 Å². The molecule has 6 nitrogen and oxygen atoms in total. The summed E-state index contributed by atoms with van der Waals surface area (Å²) in [7, 11) is -3.63. The van der Waals surface area contributed by atoms with Gasteiger partial charge in [-0.25, -0.2) is 17.9 Å². The molecule has 0 fully saturated rings. The van der Waals surface area contributed by atoms with Gasteiger partial charge < -0.3 is 10.2 Å². The summed E-state index contributed by atoms with van der Waals surface area (Å²) in [4.78, 5) is 10.7. The molecule has 1 heterocycles. The van der Waals surface area contributed by atoms with E-state index in [4.69, 9.17) is 10.2 Å². The molecule has 0 aromatic carbocycles. The van der Waals surface area contributed by atoms with E-state index in [1.807, 2.05) is 6.92 Å². The first-order valence-corrected chi connectivity index (χ1v) is 8.15. The molecule has 0 amide bonds. The molecular weight excluding hydrogens is 290 g/mol. The van der Waals surface area contributed by atoms with E-state index in [9.17, 15) is 13.2 Å². The van der Waals surface area contributed by atoms with Crippen molar-refractivity contribution in [3.05, 3.63) is 17.0 Å². The zero-order valence-electron chi connectivity index (χ0n) is 10.5. The fourth-order valence-electron chi connectivity index (χ4n) is 1.39. The lowest BCUT2D eigenvalue weighted by Gasteiger charge is -2.08. The van der Waals surface area contributed by atoms with E-state index in [0.29, 0.717) is 6.42 Å². The number of sulfonamides is 1. The van der Waals surface area contributed by atoms with E-state index >= 15 is 0 Å². The van der Waals surface area contributed by atoms with Crippen LogP contribution in [0.5, 0.6) is 0 Å². The van der Waals surface area contributed by atoms with Crippen LogP contribution < -0.4 is 4.72 Å². The fourth-order valence-corrected chi connectivity index (χ4v) is 3.66. The topological polar surface area (TPSA) is 104 Å². The highest BCUT2D eigenvalue weighted by Gasteiger charge is 2.18. The number of carboxylic acid groups (broad SMARTS) is 1. The summed E-state index contributed by atoms with van der Waals surface area (Å²) in [6, 6.07) is 1.14. The van der Waals surface area contributed by atoms with Crippen LogP contribution in [-0.4, -0.2) is 37.8 Å². The number of rotatable bonds is 8. The summed E-state index contributed by atoms with van der Waals surface area (Å²) < 4.78 is 26.1. The van der Waals surface area contributed by atoms with Crippen LogP contribution in [-0.2, 0) is 10.0 Å². The van der Waals surface area contributed by atoms with Crippen molar-refractivity contribution in [2.45, 2.75) is 24.0 Å². The van der Waals surface area contributed by atoms with Gasteiger partial charge >= 0.3 is 5.97 Å². The second kappa shape index (κ2) is 6.99. The highest BCUT2D eigenvalue weighted by atomic mass is 32.2. The monoisotopic (exact) mass is 307 g/mol. The minimum absolute atomic E-state index is 0.0000988. The maximum atomic E-state index is 11.8. The highest BCUT2D eigenvalue weighted by molar-refractivity contribution is 7.91. The molecule has 0 bridgehead atoms. The Morgan fingerprint density at radius 2 is 2.21 bits per heavy atom. The van der Waals surface area contributed by atoms with E-state index in [1.165, 1.54) is 5.38 Å². The SMILES string of the molecule is CC(CO)CCCNS(=O)(=O)c1cc(C(=O)O)cs1. The largest absolute Gasteiger partial charge is 0.478 e. The van der Waals surface area contributed by atoms with Crippen molar-refractivity contribution >= 4 is 27.3 Å². The number of nitrogens with one attached hydrogen (secondary N) is 1. The van der Waals surface area contributed by atoms with Crippen molar-refractivity contribution in [2.24, 2.45) is 5.92 Å². The molecule has 1 aromatic heterocycles. The molecule has 0 aliphatic carbocycles. The van der Waals surface area contributed by atoms with Crippen molar-refractivity contribution in [3.63, 3.8) is 0 Å². The van der Waals surface area contributed by atoms with Crippen LogP contribution >= 0.6 is 11.3 Å². The predicted octanol–water partition coefficient (Wildman–Crippen LogP) is 1.13. The van der Waals surface area contributed by atoms with Crippen molar-refractivity contribution in [3.8, 4) is 0 Å². The van der Waals surface area contributed by atoms with Crippen molar-refractivity contribution in [1.29, 1.82) is 0 Å². The highest BCUT2D eigenvalue weighted by Crippen LogP contribution is 2.20. The van der Waals surface area contributed by atoms with Crippen molar-refractivity contribution < 1.29 is 23.4 Å². The maximum absolute atomic E-state index is 11.8. The van der Waals surface area contributed by atoms with Gasteiger partial charge in [-0.1, -0.05) is 6.92 Å². The van der Waals surface area contributed by atoms with Crippen LogP contribution in [0.1, 0.15) is 30.1 Å². The average Bonchev–Trinajstić information content (AvgIpc) is 2.84. The third-order valence-electron chi connectivity index (χ3n) is 2.56. The van der Waals surface area contributed by atoms with E-state index in [-0.39, 0.29) is 28.8 Å². The zero-order valence-corrected chi connectivity index (χ0v) is 12.1. The third-order valence-corrected chi connectivity index (χ3v) is 5.47. The molecule has 0 saturated carbocycles. The minimum Gasteiger partial charge on any atom is -0.478 e. The molecule has 19 heavy (non-hydrogen) atoms. The van der Waals surface area contributed by atoms with Gasteiger partial charge in [0.15, 0.2) is 0 Å². The van der Waals surface area contributed by atoms with Gasteiger partial charge in [0.25, 0.3) is 0 Å². The molecule has 8 heteroatoms. The van der Waals surface area contributed by atoms with E-state index in [0.717, 1.165) is 23.8 Å². The average molecular weight is 307 g/mol. The fraction of sp³-hybridized carbons (Fsp3) is 0.545. The van der Waals surface area contributed by atoms with Gasteiger partial charge in [0, 0.05) is 18.5 Å². The van der Waals surface area contributed by atoms with Crippen LogP contribution in [0.4, 0.5) is 0 Å². The second-order valence-electron chi connectivity index (χ2n) is 4.29. The summed E-state index contributed by atoms with van der Waals surface area (Å²) in [6.07, 6.45) is 1.35. The van der Waals surface area contributed by atoms with Crippen molar-refractivity contribution in [1.82, 2.24) is 4.72 Å². The number of hydrogen-bond donors (Lipinski definition) is 3. The van der Waals surface area contributed by atoms with Gasteiger partial charge in [0.2, 0.25) is 10.0 Å². The molecule has 0 aliphatic heterocycles. The Hall–Kier alpha value is -0.960. The molecule has 0 aliphatic rings. The molecular formula is C11H17NO5S2. The molecule has 108 valence electrons. The summed E-state index contributed by atoms with van der Waals surface area (Å²) in [5.74, 6) is -1.00. The number of thiophene rings is 1. The number of aromatic carboxylic acids is 1. The molecule has 1 unspecified atom stereocenters. The normalized spacial score (nSPS) is 13.4. The molecule has 1 atom stereocenters. The molecule has 0 radical (unpaired) electrons. The smallest absolute Gasteiger partial charge is 0.336 e. The first-order chi connectivity index (χ1) is 8.86. The molecule has 1 aromatic rings.